The van der Waals surface area contributed by atoms with E-state index in [1.807, 2.05) is 19.9 Å². The standard InChI is InChI=1S/C18H20N4O4/c1-3-21(4-2)15-9-8-14(17(23)11-15)12-19-20-18(24)13-6-5-7-16(10-13)22(25)26/h5-12,23H,3-4H2,1-2H3,(H,20,24)/b19-12-. The number of hydrogen-bond donors (Lipinski definition) is 2. The molecule has 26 heavy (non-hydrogen) atoms. The molecule has 2 rings (SSSR count). The maximum atomic E-state index is 12.0. The lowest BCUT2D eigenvalue weighted by atomic mass is 10.2. The van der Waals surface area contributed by atoms with Gasteiger partial charge in [0, 0.05) is 48.1 Å². The Kier molecular flexibility index (Phi) is 6.26. The summed E-state index contributed by atoms with van der Waals surface area (Å²) in [7, 11) is 0. The maximum absolute atomic E-state index is 12.0. The lowest BCUT2D eigenvalue weighted by molar-refractivity contribution is -0.384. The summed E-state index contributed by atoms with van der Waals surface area (Å²) < 4.78 is 0. The predicted molar refractivity (Wildman–Crippen MR) is 99.8 cm³/mol. The number of phenols is 1. The van der Waals surface area contributed by atoms with Crippen molar-refractivity contribution in [1.29, 1.82) is 0 Å². The molecule has 0 aliphatic carbocycles. The number of rotatable bonds is 7. The molecule has 2 aromatic carbocycles. The van der Waals surface area contributed by atoms with Crippen LogP contribution >= 0.6 is 0 Å². The molecule has 2 N–H and O–H groups in total. The molecular formula is C18H20N4O4. The van der Waals surface area contributed by atoms with Gasteiger partial charge in [0.05, 0.1) is 11.1 Å². The number of carbonyl (C=O) groups is 1. The summed E-state index contributed by atoms with van der Waals surface area (Å²) in [6.07, 6.45) is 1.32. The van der Waals surface area contributed by atoms with Gasteiger partial charge in [0.15, 0.2) is 0 Å². The van der Waals surface area contributed by atoms with E-state index in [2.05, 4.69) is 15.4 Å². The van der Waals surface area contributed by atoms with Gasteiger partial charge in [0.25, 0.3) is 11.6 Å². The Bertz CT molecular complexity index is 832. The van der Waals surface area contributed by atoms with Crippen molar-refractivity contribution in [3.8, 4) is 5.75 Å². The van der Waals surface area contributed by atoms with Crippen molar-refractivity contribution in [2.24, 2.45) is 5.10 Å². The van der Waals surface area contributed by atoms with Crippen LogP contribution in [0.4, 0.5) is 11.4 Å². The number of carbonyl (C=O) groups excluding carboxylic acids is 1. The second kappa shape index (κ2) is 8.61. The molecule has 0 aliphatic rings. The van der Waals surface area contributed by atoms with Gasteiger partial charge in [-0.2, -0.15) is 5.10 Å². The Morgan fingerprint density at radius 1 is 1.27 bits per heavy atom. The number of nitrogens with zero attached hydrogens (tertiary/aromatic N) is 3. The van der Waals surface area contributed by atoms with Crippen LogP contribution in [-0.4, -0.2) is 35.2 Å². The third kappa shape index (κ3) is 4.56. The van der Waals surface area contributed by atoms with Crippen LogP contribution in [0.15, 0.2) is 47.6 Å². The molecule has 0 saturated heterocycles. The topological polar surface area (TPSA) is 108 Å². The van der Waals surface area contributed by atoms with E-state index in [-0.39, 0.29) is 17.0 Å². The van der Waals surface area contributed by atoms with Gasteiger partial charge in [-0.1, -0.05) is 6.07 Å². The number of hydrogen-bond acceptors (Lipinski definition) is 6. The maximum Gasteiger partial charge on any atom is 0.271 e. The van der Waals surface area contributed by atoms with Crippen LogP contribution < -0.4 is 10.3 Å². The molecule has 136 valence electrons. The van der Waals surface area contributed by atoms with Crippen LogP contribution in [-0.2, 0) is 0 Å². The third-order valence-electron chi connectivity index (χ3n) is 3.83. The van der Waals surface area contributed by atoms with Gasteiger partial charge < -0.3 is 10.0 Å². The highest BCUT2D eigenvalue weighted by Crippen LogP contribution is 2.23. The van der Waals surface area contributed by atoms with E-state index in [1.165, 1.54) is 30.5 Å². The van der Waals surface area contributed by atoms with Gasteiger partial charge in [-0.25, -0.2) is 5.43 Å². The van der Waals surface area contributed by atoms with Crippen molar-refractivity contribution in [2.45, 2.75) is 13.8 Å². The highest BCUT2D eigenvalue weighted by molar-refractivity contribution is 5.95. The van der Waals surface area contributed by atoms with E-state index in [0.717, 1.165) is 18.8 Å². The molecule has 0 bridgehead atoms. The number of amides is 1. The first-order valence-corrected chi connectivity index (χ1v) is 8.12. The molecule has 2 aromatic rings. The average molecular weight is 356 g/mol. The van der Waals surface area contributed by atoms with Crippen LogP contribution in [0, 0.1) is 10.1 Å². The zero-order valence-corrected chi connectivity index (χ0v) is 14.5. The first-order chi connectivity index (χ1) is 12.5. The summed E-state index contributed by atoms with van der Waals surface area (Å²) in [5.74, 6) is -0.535. The van der Waals surface area contributed by atoms with Gasteiger partial charge in [-0.3, -0.25) is 14.9 Å². The van der Waals surface area contributed by atoms with Crippen LogP contribution in [0.25, 0.3) is 0 Å². The van der Waals surface area contributed by atoms with Crippen molar-refractivity contribution in [1.82, 2.24) is 5.43 Å². The second-order valence-corrected chi connectivity index (χ2v) is 5.42. The first kappa shape index (κ1) is 18.9. The molecule has 0 unspecified atom stereocenters. The fourth-order valence-corrected chi connectivity index (χ4v) is 2.41. The molecule has 0 saturated carbocycles. The van der Waals surface area contributed by atoms with Gasteiger partial charge in [0.1, 0.15) is 5.75 Å². The van der Waals surface area contributed by atoms with E-state index in [0.29, 0.717) is 5.56 Å². The molecule has 8 heteroatoms. The number of aromatic hydroxyl groups is 1. The van der Waals surface area contributed by atoms with Crippen LogP contribution in [0.2, 0.25) is 0 Å². The number of nitrogens with one attached hydrogen (secondary N) is 1. The van der Waals surface area contributed by atoms with Crippen LogP contribution in [0.1, 0.15) is 29.8 Å². The molecule has 1 amide bonds. The molecule has 0 atom stereocenters. The average Bonchev–Trinajstić information content (AvgIpc) is 2.64. The Balaban J connectivity index is 2.07. The van der Waals surface area contributed by atoms with Gasteiger partial charge >= 0.3 is 0 Å². The molecule has 0 spiro atoms. The fourth-order valence-electron chi connectivity index (χ4n) is 2.41. The van der Waals surface area contributed by atoms with E-state index in [9.17, 15) is 20.0 Å². The zero-order valence-electron chi connectivity index (χ0n) is 14.5. The number of hydrazone groups is 1. The predicted octanol–water partition coefficient (Wildman–Crippen LogP) is 2.91. The molecule has 0 aromatic heterocycles. The number of nitro groups is 1. The van der Waals surface area contributed by atoms with Crippen molar-refractivity contribution in [3.63, 3.8) is 0 Å². The Morgan fingerprint density at radius 2 is 2.00 bits per heavy atom. The number of anilines is 1. The SMILES string of the molecule is CCN(CC)c1ccc(/C=N\NC(=O)c2cccc([N+](=O)[O-])c2)c(O)c1. The number of benzene rings is 2. The summed E-state index contributed by atoms with van der Waals surface area (Å²) >= 11 is 0. The minimum absolute atomic E-state index is 0.0442. The van der Waals surface area contributed by atoms with E-state index in [1.54, 1.807) is 12.1 Å². The number of nitro benzene ring substituents is 1. The summed E-state index contributed by atoms with van der Waals surface area (Å²) in [5.41, 5.74) is 3.57. The lowest BCUT2D eigenvalue weighted by Gasteiger charge is -2.21. The number of phenolic OH excluding ortho intramolecular Hbond substituents is 1. The lowest BCUT2D eigenvalue weighted by Crippen LogP contribution is -2.21. The molecule has 0 aliphatic heterocycles. The minimum atomic E-state index is -0.579. The van der Waals surface area contributed by atoms with Gasteiger partial charge in [0.2, 0.25) is 0 Å². The van der Waals surface area contributed by atoms with Crippen molar-refractivity contribution >= 4 is 23.5 Å². The zero-order chi connectivity index (χ0) is 19.1. The van der Waals surface area contributed by atoms with E-state index in [4.69, 9.17) is 0 Å². The van der Waals surface area contributed by atoms with Crippen molar-refractivity contribution < 1.29 is 14.8 Å². The summed E-state index contributed by atoms with van der Waals surface area (Å²) in [4.78, 5) is 24.3. The second-order valence-electron chi connectivity index (χ2n) is 5.42. The molecule has 8 nitrogen and oxygen atoms in total. The van der Waals surface area contributed by atoms with Gasteiger partial charge in [-0.05, 0) is 32.0 Å². The van der Waals surface area contributed by atoms with Crippen LogP contribution in [0.3, 0.4) is 0 Å². The monoisotopic (exact) mass is 356 g/mol. The van der Waals surface area contributed by atoms with Crippen molar-refractivity contribution in [3.05, 3.63) is 63.7 Å². The highest BCUT2D eigenvalue weighted by atomic mass is 16.6. The van der Waals surface area contributed by atoms with E-state index >= 15 is 0 Å². The first-order valence-electron chi connectivity index (χ1n) is 8.12. The van der Waals surface area contributed by atoms with Crippen molar-refractivity contribution in [2.75, 3.05) is 18.0 Å². The molecule has 0 fully saturated rings. The molecule has 0 heterocycles. The fraction of sp³-hybridized carbons (Fsp3) is 0.222. The van der Waals surface area contributed by atoms with Crippen LogP contribution in [0.5, 0.6) is 5.75 Å². The Morgan fingerprint density at radius 3 is 2.62 bits per heavy atom. The highest BCUT2D eigenvalue weighted by Gasteiger charge is 2.11. The smallest absolute Gasteiger partial charge is 0.271 e. The third-order valence-corrected chi connectivity index (χ3v) is 3.83. The van der Waals surface area contributed by atoms with Gasteiger partial charge in [-0.15, -0.1) is 0 Å². The van der Waals surface area contributed by atoms with E-state index < -0.39 is 10.8 Å². The summed E-state index contributed by atoms with van der Waals surface area (Å²) in [6.45, 7) is 5.70. The largest absolute Gasteiger partial charge is 0.507 e. The normalized spacial score (nSPS) is 10.7. The summed E-state index contributed by atoms with van der Waals surface area (Å²) in [5, 5.41) is 24.6. The number of non-ortho nitro benzene ring substituents is 1. The summed E-state index contributed by atoms with van der Waals surface area (Å²) in [6, 6.07) is 10.5. The molecule has 0 radical (unpaired) electrons. The Hall–Kier alpha value is -3.42. The molecular weight excluding hydrogens is 336 g/mol. The quantitative estimate of drug-likeness (QED) is 0.450. The minimum Gasteiger partial charge on any atom is -0.507 e. The Labute approximate surface area is 150 Å².